The van der Waals surface area contributed by atoms with Crippen LogP contribution in [0.4, 0.5) is 0 Å². The van der Waals surface area contributed by atoms with Crippen molar-refractivity contribution in [2.24, 2.45) is 11.3 Å². The minimum Gasteiger partial charge on any atom is -0.311 e. The average Bonchev–Trinajstić information content (AvgIpc) is 2.53. The van der Waals surface area contributed by atoms with Gasteiger partial charge in [0.1, 0.15) is 0 Å². The van der Waals surface area contributed by atoms with Crippen molar-refractivity contribution in [2.45, 2.75) is 40.7 Å². The fourth-order valence-electron chi connectivity index (χ4n) is 2.11. The second-order valence-corrected chi connectivity index (χ2v) is 6.48. The fraction of sp³-hybridized carbons (Fsp3) is 0.692. The standard InChI is InChI=1S/C13H23NS.ClH/c1-11(2)8-13(3,4)10-14-9-12-6-5-7-15-12;/h5-7,11,14H,8-10H2,1-4H3;1H. The van der Waals surface area contributed by atoms with Gasteiger partial charge in [-0.3, -0.25) is 0 Å². The van der Waals surface area contributed by atoms with Crippen LogP contribution in [0.2, 0.25) is 0 Å². The zero-order valence-electron chi connectivity index (χ0n) is 10.7. The van der Waals surface area contributed by atoms with Crippen molar-refractivity contribution in [1.29, 1.82) is 0 Å². The van der Waals surface area contributed by atoms with Crippen LogP contribution >= 0.6 is 23.7 Å². The van der Waals surface area contributed by atoms with Crippen molar-refractivity contribution in [1.82, 2.24) is 5.32 Å². The monoisotopic (exact) mass is 261 g/mol. The largest absolute Gasteiger partial charge is 0.311 e. The summed E-state index contributed by atoms with van der Waals surface area (Å²) in [4.78, 5) is 1.43. The van der Waals surface area contributed by atoms with Crippen LogP contribution in [0.1, 0.15) is 39.0 Å². The van der Waals surface area contributed by atoms with E-state index in [4.69, 9.17) is 0 Å². The summed E-state index contributed by atoms with van der Waals surface area (Å²) >= 11 is 1.82. The van der Waals surface area contributed by atoms with E-state index >= 15 is 0 Å². The molecule has 1 aromatic rings. The molecule has 0 saturated heterocycles. The lowest BCUT2D eigenvalue weighted by Gasteiger charge is -2.27. The number of hydrogen-bond acceptors (Lipinski definition) is 2. The first-order valence-electron chi connectivity index (χ1n) is 5.73. The van der Waals surface area contributed by atoms with Gasteiger partial charge < -0.3 is 5.32 Å². The number of hydrogen-bond donors (Lipinski definition) is 1. The Kier molecular flexibility index (Phi) is 7.29. The molecule has 0 fully saturated rings. The molecule has 0 saturated carbocycles. The summed E-state index contributed by atoms with van der Waals surface area (Å²) in [7, 11) is 0. The first kappa shape index (κ1) is 16.0. The molecule has 1 nitrogen and oxygen atoms in total. The van der Waals surface area contributed by atoms with Gasteiger partial charge in [0, 0.05) is 18.0 Å². The van der Waals surface area contributed by atoms with Crippen molar-refractivity contribution in [2.75, 3.05) is 6.54 Å². The molecule has 0 unspecified atom stereocenters. The molecule has 1 aromatic heterocycles. The highest BCUT2D eigenvalue weighted by atomic mass is 35.5. The Labute approximate surface area is 110 Å². The van der Waals surface area contributed by atoms with Gasteiger partial charge in [0.2, 0.25) is 0 Å². The topological polar surface area (TPSA) is 12.0 Å². The number of thiophene rings is 1. The number of nitrogens with one attached hydrogen (secondary N) is 1. The Balaban J connectivity index is 0.00000225. The minimum atomic E-state index is 0. The predicted octanol–water partition coefficient (Wildman–Crippen LogP) is 4.33. The summed E-state index contributed by atoms with van der Waals surface area (Å²) < 4.78 is 0. The zero-order chi connectivity index (χ0) is 11.3. The maximum Gasteiger partial charge on any atom is 0.0299 e. The quantitative estimate of drug-likeness (QED) is 0.804. The highest BCUT2D eigenvalue weighted by Crippen LogP contribution is 2.24. The van der Waals surface area contributed by atoms with E-state index in [1.807, 2.05) is 11.3 Å². The number of halogens is 1. The molecule has 94 valence electrons. The lowest BCUT2D eigenvalue weighted by Crippen LogP contribution is -2.30. The molecule has 1 rings (SSSR count). The Bertz CT molecular complexity index is 267. The molecule has 0 aliphatic carbocycles. The Hall–Kier alpha value is -0.0500. The normalized spacial score (nSPS) is 11.6. The van der Waals surface area contributed by atoms with Gasteiger partial charge in [0.15, 0.2) is 0 Å². The van der Waals surface area contributed by atoms with Crippen molar-refractivity contribution < 1.29 is 0 Å². The molecule has 0 aliphatic heterocycles. The van der Waals surface area contributed by atoms with Gasteiger partial charge in [0.25, 0.3) is 0 Å². The van der Waals surface area contributed by atoms with Gasteiger partial charge in [0.05, 0.1) is 0 Å². The smallest absolute Gasteiger partial charge is 0.0299 e. The Morgan fingerprint density at radius 1 is 1.38 bits per heavy atom. The van der Waals surface area contributed by atoms with E-state index in [0.717, 1.165) is 19.0 Å². The third kappa shape index (κ3) is 6.51. The van der Waals surface area contributed by atoms with E-state index in [1.165, 1.54) is 11.3 Å². The molecule has 0 amide bonds. The molecule has 0 spiro atoms. The lowest BCUT2D eigenvalue weighted by atomic mass is 9.84. The van der Waals surface area contributed by atoms with Gasteiger partial charge in [-0.2, -0.15) is 0 Å². The van der Waals surface area contributed by atoms with Crippen LogP contribution in [0.3, 0.4) is 0 Å². The fourth-order valence-corrected chi connectivity index (χ4v) is 2.79. The van der Waals surface area contributed by atoms with Crippen LogP contribution < -0.4 is 5.32 Å². The predicted molar refractivity (Wildman–Crippen MR) is 76.5 cm³/mol. The molecule has 16 heavy (non-hydrogen) atoms. The lowest BCUT2D eigenvalue weighted by molar-refractivity contribution is 0.273. The van der Waals surface area contributed by atoms with E-state index in [1.54, 1.807) is 0 Å². The van der Waals surface area contributed by atoms with Crippen LogP contribution in [0.25, 0.3) is 0 Å². The molecule has 0 radical (unpaired) electrons. The second-order valence-electron chi connectivity index (χ2n) is 5.45. The Morgan fingerprint density at radius 3 is 2.56 bits per heavy atom. The summed E-state index contributed by atoms with van der Waals surface area (Å²) in [5, 5.41) is 5.68. The summed E-state index contributed by atoms with van der Waals surface area (Å²) in [5.41, 5.74) is 0.408. The van der Waals surface area contributed by atoms with E-state index in [9.17, 15) is 0 Å². The molecule has 1 heterocycles. The molecule has 0 aliphatic rings. The third-order valence-corrected chi connectivity index (χ3v) is 3.32. The van der Waals surface area contributed by atoms with E-state index in [2.05, 4.69) is 50.5 Å². The van der Waals surface area contributed by atoms with Gasteiger partial charge >= 0.3 is 0 Å². The average molecular weight is 262 g/mol. The van der Waals surface area contributed by atoms with Crippen molar-refractivity contribution in [3.05, 3.63) is 22.4 Å². The van der Waals surface area contributed by atoms with Crippen molar-refractivity contribution in [3.8, 4) is 0 Å². The van der Waals surface area contributed by atoms with Gasteiger partial charge in [-0.25, -0.2) is 0 Å². The summed E-state index contributed by atoms with van der Waals surface area (Å²) in [6, 6.07) is 4.30. The van der Waals surface area contributed by atoms with Crippen LogP contribution in [0.5, 0.6) is 0 Å². The zero-order valence-corrected chi connectivity index (χ0v) is 12.4. The van der Waals surface area contributed by atoms with Crippen LogP contribution in [-0.2, 0) is 6.54 Å². The maximum absolute atomic E-state index is 3.54. The summed E-state index contributed by atoms with van der Waals surface area (Å²) in [6.45, 7) is 11.4. The van der Waals surface area contributed by atoms with Gasteiger partial charge in [-0.1, -0.05) is 33.8 Å². The molecule has 1 N–H and O–H groups in total. The molecule has 3 heteroatoms. The van der Waals surface area contributed by atoms with Crippen molar-refractivity contribution >= 4 is 23.7 Å². The number of rotatable bonds is 6. The maximum atomic E-state index is 3.54. The van der Waals surface area contributed by atoms with E-state index in [-0.39, 0.29) is 12.4 Å². The third-order valence-electron chi connectivity index (χ3n) is 2.44. The molecular formula is C13H24ClNS. The van der Waals surface area contributed by atoms with Gasteiger partial charge in [-0.15, -0.1) is 23.7 Å². The molecule has 0 bridgehead atoms. The molecule has 0 atom stereocenters. The SMILES string of the molecule is CC(C)CC(C)(C)CNCc1cccs1.Cl. The molecular weight excluding hydrogens is 238 g/mol. The molecule has 0 aromatic carbocycles. The summed E-state index contributed by atoms with van der Waals surface area (Å²) in [6.07, 6.45) is 1.28. The van der Waals surface area contributed by atoms with Crippen LogP contribution in [0, 0.1) is 11.3 Å². The second kappa shape index (κ2) is 7.31. The highest BCUT2D eigenvalue weighted by Gasteiger charge is 2.18. The van der Waals surface area contributed by atoms with Gasteiger partial charge in [-0.05, 0) is 29.2 Å². The van der Waals surface area contributed by atoms with Crippen LogP contribution in [0.15, 0.2) is 17.5 Å². The first-order chi connectivity index (χ1) is 6.99. The Morgan fingerprint density at radius 2 is 2.06 bits per heavy atom. The highest BCUT2D eigenvalue weighted by molar-refractivity contribution is 7.09. The van der Waals surface area contributed by atoms with E-state index in [0.29, 0.717) is 5.41 Å². The summed E-state index contributed by atoms with van der Waals surface area (Å²) in [5.74, 6) is 0.781. The van der Waals surface area contributed by atoms with E-state index < -0.39 is 0 Å². The van der Waals surface area contributed by atoms with Crippen LogP contribution in [-0.4, -0.2) is 6.54 Å². The van der Waals surface area contributed by atoms with Crippen molar-refractivity contribution in [3.63, 3.8) is 0 Å². The minimum absolute atomic E-state index is 0. The first-order valence-corrected chi connectivity index (χ1v) is 6.61.